The number of aryl methyl sites for hydroxylation is 1. The molecule has 0 unspecified atom stereocenters. The molecule has 0 aliphatic rings. The third-order valence-corrected chi connectivity index (χ3v) is 3.88. The van der Waals surface area contributed by atoms with E-state index in [-0.39, 0.29) is 12.5 Å². The Kier molecular flexibility index (Phi) is 5.71. The lowest BCUT2D eigenvalue weighted by Gasteiger charge is -2.14. The summed E-state index contributed by atoms with van der Waals surface area (Å²) in [5.74, 6) is 1.83. The summed E-state index contributed by atoms with van der Waals surface area (Å²) in [5, 5.41) is 6.67. The minimum Gasteiger partial charge on any atom is -0.497 e. The van der Waals surface area contributed by atoms with E-state index in [9.17, 15) is 4.79 Å². The smallest absolute Gasteiger partial charge is 0.261 e. The van der Waals surface area contributed by atoms with E-state index in [1.807, 2.05) is 55.5 Å². The minimum atomic E-state index is -0.646. The van der Waals surface area contributed by atoms with Gasteiger partial charge < -0.3 is 19.3 Å². The predicted octanol–water partition coefficient (Wildman–Crippen LogP) is 3.14. The highest BCUT2D eigenvalue weighted by Crippen LogP contribution is 2.21. The van der Waals surface area contributed by atoms with Crippen molar-refractivity contribution in [3.05, 3.63) is 60.0 Å². The second-order valence-electron chi connectivity index (χ2n) is 6.04. The van der Waals surface area contributed by atoms with Gasteiger partial charge in [0, 0.05) is 5.56 Å². The molecule has 7 heteroatoms. The standard InChI is InChI=1S/C20H21N3O4/c1-13-6-4-9-17(10-13)26-14(2)20(24)21-12-18-22-19(23-27-18)15-7-5-8-16(11-15)25-3/h4-11,14H,12H2,1-3H3,(H,21,24)/t14-/m1/s1. The Balaban J connectivity index is 1.56. The van der Waals surface area contributed by atoms with Crippen molar-refractivity contribution < 1.29 is 18.8 Å². The van der Waals surface area contributed by atoms with Crippen molar-refractivity contribution in [3.8, 4) is 22.9 Å². The van der Waals surface area contributed by atoms with Gasteiger partial charge >= 0.3 is 0 Å². The normalized spacial score (nSPS) is 11.7. The van der Waals surface area contributed by atoms with Crippen LogP contribution in [0.3, 0.4) is 0 Å². The van der Waals surface area contributed by atoms with Crippen molar-refractivity contribution in [2.24, 2.45) is 0 Å². The molecule has 0 saturated heterocycles. The van der Waals surface area contributed by atoms with Crippen LogP contribution >= 0.6 is 0 Å². The Hall–Kier alpha value is -3.35. The van der Waals surface area contributed by atoms with Crippen LogP contribution in [0.4, 0.5) is 0 Å². The number of hydrogen-bond donors (Lipinski definition) is 1. The van der Waals surface area contributed by atoms with Crippen LogP contribution in [0.2, 0.25) is 0 Å². The summed E-state index contributed by atoms with van der Waals surface area (Å²) >= 11 is 0. The van der Waals surface area contributed by atoms with Crippen LogP contribution in [0, 0.1) is 6.92 Å². The number of hydrogen-bond acceptors (Lipinski definition) is 6. The molecule has 2 aromatic carbocycles. The third kappa shape index (κ3) is 4.84. The van der Waals surface area contributed by atoms with Crippen molar-refractivity contribution >= 4 is 5.91 Å². The first kappa shape index (κ1) is 18.4. The van der Waals surface area contributed by atoms with E-state index in [0.717, 1.165) is 11.1 Å². The van der Waals surface area contributed by atoms with Gasteiger partial charge in [0.1, 0.15) is 11.5 Å². The molecule has 0 aliphatic heterocycles. The van der Waals surface area contributed by atoms with E-state index in [1.54, 1.807) is 14.0 Å². The zero-order valence-corrected chi connectivity index (χ0v) is 15.4. The van der Waals surface area contributed by atoms with Gasteiger partial charge in [-0.05, 0) is 43.7 Å². The van der Waals surface area contributed by atoms with Crippen LogP contribution in [-0.2, 0) is 11.3 Å². The van der Waals surface area contributed by atoms with E-state index in [1.165, 1.54) is 0 Å². The molecular weight excluding hydrogens is 346 g/mol. The van der Waals surface area contributed by atoms with Gasteiger partial charge in [0.25, 0.3) is 5.91 Å². The highest BCUT2D eigenvalue weighted by molar-refractivity contribution is 5.80. The number of ether oxygens (including phenoxy) is 2. The van der Waals surface area contributed by atoms with Crippen molar-refractivity contribution in [1.82, 2.24) is 15.5 Å². The number of aromatic nitrogens is 2. The molecule has 27 heavy (non-hydrogen) atoms. The number of nitrogens with zero attached hydrogens (tertiary/aromatic N) is 2. The number of benzene rings is 2. The zero-order valence-electron chi connectivity index (χ0n) is 15.4. The maximum absolute atomic E-state index is 12.2. The molecule has 140 valence electrons. The van der Waals surface area contributed by atoms with Crippen LogP contribution < -0.4 is 14.8 Å². The molecule has 0 spiro atoms. The molecule has 1 N–H and O–H groups in total. The summed E-state index contributed by atoms with van der Waals surface area (Å²) in [5.41, 5.74) is 1.84. The second-order valence-corrected chi connectivity index (χ2v) is 6.04. The van der Waals surface area contributed by atoms with Gasteiger partial charge in [-0.3, -0.25) is 4.79 Å². The molecule has 0 fully saturated rings. The highest BCUT2D eigenvalue weighted by Gasteiger charge is 2.16. The molecular formula is C20H21N3O4. The van der Waals surface area contributed by atoms with Gasteiger partial charge in [0.2, 0.25) is 11.7 Å². The molecule has 7 nitrogen and oxygen atoms in total. The lowest BCUT2D eigenvalue weighted by atomic mass is 10.2. The Morgan fingerprint density at radius 3 is 2.74 bits per heavy atom. The average molecular weight is 367 g/mol. The summed E-state index contributed by atoms with van der Waals surface area (Å²) in [6, 6.07) is 14.9. The monoisotopic (exact) mass is 367 g/mol. The van der Waals surface area contributed by atoms with Crippen LogP contribution in [0.1, 0.15) is 18.4 Å². The Bertz CT molecular complexity index is 923. The van der Waals surface area contributed by atoms with Gasteiger partial charge in [0.15, 0.2) is 6.10 Å². The average Bonchev–Trinajstić information content (AvgIpc) is 3.15. The van der Waals surface area contributed by atoms with Crippen molar-refractivity contribution in [3.63, 3.8) is 0 Å². The van der Waals surface area contributed by atoms with E-state index in [2.05, 4.69) is 15.5 Å². The van der Waals surface area contributed by atoms with Gasteiger partial charge in [-0.1, -0.05) is 29.4 Å². The number of carbonyl (C=O) groups excluding carboxylic acids is 1. The molecule has 0 aliphatic carbocycles. The highest BCUT2D eigenvalue weighted by atomic mass is 16.5. The fourth-order valence-corrected chi connectivity index (χ4v) is 2.46. The fourth-order valence-electron chi connectivity index (χ4n) is 2.46. The molecule has 3 aromatic rings. The van der Waals surface area contributed by atoms with Gasteiger partial charge in [-0.15, -0.1) is 0 Å². The van der Waals surface area contributed by atoms with E-state index >= 15 is 0 Å². The van der Waals surface area contributed by atoms with Gasteiger partial charge in [0.05, 0.1) is 13.7 Å². The fraction of sp³-hybridized carbons (Fsp3) is 0.250. The zero-order chi connectivity index (χ0) is 19.2. The summed E-state index contributed by atoms with van der Waals surface area (Å²) in [7, 11) is 1.59. The van der Waals surface area contributed by atoms with Crippen LogP contribution in [0.15, 0.2) is 53.1 Å². The number of carbonyl (C=O) groups is 1. The number of amides is 1. The first-order valence-electron chi connectivity index (χ1n) is 8.53. The number of rotatable bonds is 7. The van der Waals surface area contributed by atoms with Gasteiger partial charge in [-0.25, -0.2) is 0 Å². The van der Waals surface area contributed by atoms with Crippen molar-refractivity contribution in [1.29, 1.82) is 0 Å². The second kappa shape index (κ2) is 8.35. The lowest BCUT2D eigenvalue weighted by Crippen LogP contribution is -2.36. The maximum Gasteiger partial charge on any atom is 0.261 e. The summed E-state index contributed by atoms with van der Waals surface area (Å²) in [6.45, 7) is 3.78. The summed E-state index contributed by atoms with van der Waals surface area (Å²) < 4.78 is 16.0. The summed E-state index contributed by atoms with van der Waals surface area (Å²) in [4.78, 5) is 16.5. The SMILES string of the molecule is COc1cccc(-c2noc(CNC(=O)[C@@H](C)Oc3cccc(C)c3)n2)c1. The quantitative estimate of drug-likeness (QED) is 0.690. The van der Waals surface area contributed by atoms with E-state index in [0.29, 0.717) is 23.2 Å². The maximum atomic E-state index is 12.2. The molecule has 1 amide bonds. The largest absolute Gasteiger partial charge is 0.497 e. The molecule has 0 saturated carbocycles. The van der Waals surface area contributed by atoms with Crippen LogP contribution in [-0.4, -0.2) is 29.3 Å². The molecule has 1 aromatic heterocycles. The third-order valence-electron chi connectivity index (χ3n) is 3.88. The Morgan fingerprint density at radius 1 is 1.19 bits per heavy atom. The molecule has 0 bridgehead atoms. The lowest BCUT2D eigenvalue weighted by molar-refractivity contribution is -0.127. The first-order valence-corrected chi connectivity index (χ1v) is 8.53. The molecule has 0 radical (unpaired) electrons. The van der Waals surface area contributed by atoms with Crippen molar-refractivity contribution in [2.45, 2.75) is 26.5 Å². The van der Waals surface area contributed by atoms with Gasteiger partial charge in [-0.2, -0.15) is 4.98 Å². The van der Waals surface area contributed by atoms with Crippen LogP contribution in [0.25, 0.3) is 11.4 Å². The summed E-state index contributed by atoms with van der Waals surface area (Å²) in [6.07, 6.45) is -0.646. The molecule has 1 heterocycles. The predicted molar refractivity (Wildman–Crippen MR) is 99.4 cm³/mol. The minimum absolute atomic E-state index is 0.122. The van der Waals surface area contributed by atoms with Crippen LogP contribution in [0.5, 0.6) is 11.5 Å². The Morgan fingerprint density at radius 2 is 1.96 bits per heavy atom. The molecule has 3 rings (SSSR count). The Labute approximate surface area is 157 Å². The van der Waals surface area contributed by atoms with E-state index < -0.39 is 6.10 Å². The van der Waals surface area contributed by atoms with Crippen molar-refractivity contribution in [2.75, 3.05) is 7.11 Å². The number of nitrogens with one attached hydrogen (secondary N) is 1. The topological polar surface area (TPSA) is 86.5 Å². The first-order chi connectivity index (χ1) is 13.0. The number of methoxy groups -OCH3 is 1. The molecule has 1 atom stereocenters. The van der Waals surface area contributed by atoms with E-state index in [4.69, 9.17) is 14.0 Å².